The molecule has 2 rings (SSSR count). The van der Waals surface area contributed by atoms with E-state index in [1.165, 1.54) is 5.56 Å². The second-order valence-electron chi connectivity index (χ2n) is 3.40. The Morgan fingerprint density at radius 3 is 1.93 bits per heavy atom. The first-order valence-electron chi connectivity index (χ1n) is 4.89. The Hall–Kier alpha value is -2.00. The van der Waals surface area contributed by atoms with Gasteiger partial charge in [-0.2, -0.15) is 0 Å². The maximum atomic E-state index is 3.12. The van der Waals surface area contributed by atoms with Gasteiger partial charge in [0.05, 0.1) is 0 Å². The van der Waals surface area contributed by atoms with Crippen LogP contribution in [-0.2, 0) is 0 Å². The van der Waals surface area contributed by atoms with Crippen molar-refractivity contribution in [3.8, 4) is 11.8 Å². The highest BCUT2D eigenvalue weighted by atomic mass is 13.9. The van der Waals surface area contributed by atoms with Gasteiger partial charge in [-0.05, 0) is 37.3 Å². The van der Waals surface area contributed by atoms with Gasteiger partial charge in [-0.1, -0.05) is 41.7 Å². The van der Waals surface area contributed by atoms with E-state index in [-0.39, 0.29) is 0 Å². The third-order valence-corrected chi connectivity index (χ3v) is 2.12. The summed E-state index contributed by atoms with van der Waals surface area (Å²) >= 11 is 0. The Balaban J connectivity index is 2.22. The van der Waals surface area contributed by atoms with Crippen molar-refractivity contribution in [2.75, 3.05) is 0 Å². The Kier molecular flexibility index (Phi) is 2.85. The average Bonchev–Trinajstić information content (AvgIpc) is 2.30. The quantitative estimate of drug-likeness (QED) is 0.561. The van der Waals surface area contributed by atoms with Crippen molar-refractivity contribution in [2.24, 2.45) is 0 Å². The molecule has 71 valence electrons. The van der Waals surface area contributed by atoms with Crippen molar-refractivity contribution < 1.29 is 0 Å². The molecule has 0 aliphatic rings. The van der Waals surface area contributed by atoms with Crippen LogP contribution >= 0.6 is 0 Å². The fourth-order valence-corrected chi connectivity index (χ4v) is 1.25. The summed E-state index contributed by atoms with van der Waals surface area (Å²) < 4.78 is 0. The van der Waals surface area contributed by atoms with Gasteiger partial charge in [0.2, 0.25) is 0 Å². The first kappa shape index (κ1) is 9.55. The van der Waals surface area contributed by atoms with E-state index in [0.29, 0.717) is 0 Å². The number of benzene rings is 2. The summed E-state index contributed by atoms with van der Waals surface area (Å²) in [5.74, 6) is 6.23. The second-order valence-corrected chi connectivity index (χ2v) is 3.40. The summed E-state index contributed by atoms with van der Waals surface area (Å²) in [6.45, 7) is 2.07. The molecule has 0 unspecified atom stereocenters. The molecule has 1 radical (unpaired) electrons. The molecule has 0 saturated carbocycles. The van der Waals surface area contributed by atoms with Crippen LogP contribution < -0.4 is 0 Å². The number of rotatable bonds is 0. The van der Waals surface area contributed by atoms with E-state index in [2.05, 4.69) is 37.0 Å². The molecular formula is C15H11. The van der Waals surface area contributed by atoms with Crippen molar-refractivity contribution in [1.82, 2.24) is 0 Å². The van der Waals surface area contributed by atoms with Crippen molar-refractivity contribution in [3.63, 3.8) is 0 Å². The highest BCUT2D eigenvalue weighted by molar-refractivity contribution is 5.42. The number of aryl methyl sites for hydroxylation is 1. The van der Waals surface area contributed by atoms with Crippen molar-refractivity contribution >= 4 is 0 Å². The smallest absolute Gasteiger partial charge is 0.0249 e. The van der Waals surface area contributed by atoms with Crippen LogP contribution in [0, 0.1) is 24.8 Å². The molecule has 0 heteroatoms. The van der Waals surface area contributed by atoms with E-state index in [1.807, 2.05) is 36.4 Å². The zero-order valence-electron chi connectivity index (χ0n) is 8.62. The molecule has 0 atom stereocenters. The monoisotopic (exact) mass is 191 g/mol. The first-order valence-corrected chi connectivity index (χ1v) is 4.89. The molecule has 0 saturated heterocycles. The van der Waals surface area contributed by atoms with Crippen LogP contribution in [0.4, 0.5) is 0 Å². The third kappa shape index (κ3) is 2.72. The molecule has 0 aliphatic carbocycles. The van der Waals surface area contributed by atoms with Crippen LogP contribution in [0.25, 0.3) is 0 Å². The maximum absolute atomic E-state index is 3.12. The average molecular weight is 191 g/mol. The largest absolute Gasteiger partial charge is 0.0617 e. The molecule has 0 bridgehead atoms. The van der Waals surface area contributed by atoms with Gasteiger partial charge in [0.15, 0.2) is 0 Å². The Morgan fingerprint density at radius 1 is 0.800 bits per heavy atom. The highest BCUT2D eigenvalue weighted by Crippen LogP contribution is 2.02. The molecule has 0 amide bonds. The van der Waals surface area contributed by atoms with E-state index in [0.717, 1.165) is 11.1 Å². The van der Waals surface area contributed by atoms with Gasteiger partial charge in [0.1, 0.15) is 0 Å². The van der Waals surface area contributed by atoms with Gasteiger partial charge < -0.3 is 0 Å². The topological polar surface area (TPSA) is 0 Å². The Labute approximate surface area is 90.6 Å². The normalized spacial score (nSPS) is 9.13. The summed E-state index contributed by atoms with van der Waals surface area (Å²) in [5.41, 5.74) is 3.33. The van der Waals surface area contributed by atoms with E-state index < -0.39 is 0 Å². The van der Waals surface area contributed by atoms with E-state index in [9.17, 15) is 0 Å². The van der Waals surface area contributed by atoms with Gasteiger partial charge in [-0.3, -0.25) is 0 Å². The maximum Gasteiger partial charge on any atom is 0.0249 e. The van der Waals surface area contributed by atoms with Gasteiger partial charge in [-0.15, -0.1) is 0 Å². The van der Waals surface area contributed by atoms with Crippen LogP contribution in [0.15, 0.2) is 48.5 Å². The molecule has 2 aromatic rings. The summed E-state index contributed by atoms with van der Waals surface area (Å²) in [4.78, 5) is 0. The van der Waals surface area contributed by atoms with Crippen molar-refractivity contribution in [3.05, 3.63) is 71.3 Å². The summed E-state index contributed by atoms with van der Waals surface area (Å²) in [6, 6.07) is 18.9. The molecule has 0 spiro atoms. The van der Waals surface area contributed by atoms with Gasteiger partial charge in [0.25, 0.3) is 0 Å². The van der Waals surface area contributed by atoms with Crippen molar-refractivity contribution in [1.29, 1.82) is 0 Å². The Morgan fingerprint density at radius 2 is 1.33 bits per heavy atom. The molecule has 15 heavy (non-hydrogen) atoms. The first-order chi connectivity index (χ1) is 7.34. The van der Waals surface area contributed by atoms with Gasteiger partial charge >= 0.3 is 0 Å². The lowest BCUT2D eigenvalue weighted by Gasteiger charge is -1.91. The molecule has 0 heterocycles. The summed E-state index contributed by atoms with van der Waals surface area (Å²) in [6.07, 6.45) is 0. The minimum atomic E-state index is 1.02. The summed E-state index contributed by atoms with van der Waals surface area (Å²) in [7, 11) is 0. The van der Waals surface area contributed by atoms with Crippen LogP contribution in [-0.4, -0.2) is 0 Å². The minimum absolute atomic E-state index is 1.02. The fraction of sp³-hybridized carbons (Fsp3) is 0.0667. The van der Waals surface area contributed by atoms with E-state index in [1.54, 1.807) is 0 Å². The van der Waals surface area contributed by atoms with Crippen LogP contribution in [0.1, 0.15) is 16.7 Å². The lowest BCUT2D eigenvalue weighted by Crippen LogP contribution is -1.76. The molecule has 0 N–H and O–H groups in total. The third-order valence-electron chi connectivity index (χ3n) is 2.12. The molecule has 2 aromatic carbocycles. The highest BCUT2D eigenvalue weighted by Gasteiger charge is 1.86. The zero-order valence-corrected chi connectivity index (χ0v) is 8.62. The number of hydrogen-bond donors (Lipinski definition) is 0. The Bertz CT molecular complexity index is 481. The van der Waals surface area contributed by atoms with Crippen LogP contribution in [0.2, 0.25) is 0 Å². The lowest BCUT2D eigenvalue weighted by molar-refractivity contribution is 1.46. The zero-order chi connectivity index (χ0) is 10.5. The van der Waals surface area contributed by atoms with Crippen LogP contribution in [0.5, 0.6) is 0 Å². The number of hydrogen-bond acceptors (Lipinski definition) is 0. The van der Waals surface area contributed by atoms with Crippen molar-refractivity contribution in [2.45, 2.75) is 6.92 Å². The van der Waals surface area contributed by atoms with E-state index >= 15 is 0 Å². The standard InChI is InChI=1S/C15H11/c1-13-7-9-15(10-8-13)12-11-14-5-3-2-4-6-14/h3-10H,1H3. The molecular weight excluding hydrogens is 180 g/mol. The van der Waals surface area contributed by atoms with Crippen LogP contribution in [0.3, 0.4) is 0 Å². The fourth-order valence-electron chi connectivity index (χ4n) is 1.25. The van der Waals surface area contributed by atoms with Gasteiger partial charge in [-0.25, -0.2) is 0 Å². The molecule has 0 aliphatic heterocycles. The molecule has 0 fully saturated rings. The summed E-state index contributed by atoms with van der Waals surface area (Å²) in [5, 5.41) is 0. The second kappa shape index (κ2) is 4.48. The lowest BCUT2D eigenvalue weighted by atomic mass is 10.1. The predicted molar refractivity (Wildman–Crippen MR) is 62.4 cm³/mol. The molecule has 0 nitrogen and oxygen atoms in total. The van der Waals surface area contributed by atoms with Gasteiger partial charge in [0, 0.05) is 11.1 Å². The molecule has 0 aromatic heterocycles. The predicted octanol–water partition coefficient (Wildman–Crippen LogP) is 3.20. The SMILES string of the molecule is Cc1ccc(C#Cc2cc[c]cc2)cc1. The minimum Gasteiger partial charge on any atom is -0.0617 e. The van der Waals surface area contributed by atoms with E-state index in [4.69, 9.17) is 0 Å².